The van der Waals surface area contributed by atoms with Gasteiger partial charge < -0.3 is 10.2 Å². The van der Waals surface area contributed by atoms with Crippen LogP contribution in [0.5, 0.6) is 0 Å². The highest BCUT2D eigenvalue weighted by molar-refractivity contribution is 5.98. The van der Waals surface area contributed by atoms with Crippen LogP contribution in [0.2, 0.25) is 0 Å². The maximum atomic E-state index is 16.0. The molecular formula is C31H41FN2O3. The van der Waals surface area contributed by atoms with Gasteiger partial charge in [0.15, 0.2) is 5.78 Å². The van der Waals surface area contributed by atoms with E-state index in [-0.39, 0.29) is 46.4 Å². The third-order valence-corrected chi connectivity index (χ3v) is 10.5. The van der Waals surface area contributed by atoms with Gasteiger partial charge >= 0.3 is 0 Å². The van der Waals surface area contributed by atoms with Crippen LogP contribution in [0.25, 0.3) is 0 Å². The summed E-state index contributed by atoms with van der Waals surface area (Å²) in [7, 11) is 0. The Hall–Kier alpha value is -2.24. The maximum Gasteiger partial charge on any atom is 0.254 e. The molecule has 2 amide bonds. The first-order valence-electron chi connectivity index (χ1n) is 14.7. The standard InChI is InChI=1S/C31H41FN2O3/c1-18(2)28(35)27(20-7-4-3-5-8-20)33-29(36)24-10-6-9-23(26(24)32)25-21-11-12-22(25)17-34(16-21)30(37)31-13-19(14-31)15-31/h6,9-10,18-22,25,27H,3-5,7-8,11-17H2,1-2H3,(H,33,36)/t19?,21-,22+,25?,27-,31?/m1/s1. The largest absolute Gasteiger partial charge is 0.342 e. The average Bonchev–Trinajstić information content (AvgIpc) is 3.08. The van der Waals surface area contributed by atoms with Gasteiger partial charge in [-0.15, -0.1) is 0 Å². The van der Waals surface area contributed by atoms with Crippen LogP contribution in [0.1, 0.15) is 99.9 Å². The lowest BCUT2D eigenvalue weighted by Crippen LogP contribution is -2.62. The molecule has 6 fully saturated rings. The highest BCUT2D eigenvalue weighted by Crippen LogP contribution is 2.65. The van der Waals surface area contributed by atoms with E-state index in [0.29, 0.717) is 24.6 Å². The second-order valence-electron chi connectivity index (χ2n) is 13.2. The summed E-state index contributed by atoms with van der Waals surface area (Å²) >= 11 is 0. The zero-order valence-corrected chi connectivity index (χ0v) is 22.3. The molecule has 4 atom stereocenters. The molecule has 1 aromatic carbocycles. The van der Waals surface area contributed by atoms with Gasteiger partial charge in [0, 0.05) is 19.0 Å². The van der Waals surface area contributed by atoms with Crippen molar-refractivity contribution in [3.63, 3.8) is 0 Å². The van der Waals surface area contributed by atoms with Gasteiger partial charge in [0.2, 0.25) is 5.91 Å². The first-order chi connectivity index (χ1) is 17.8. The zero-order chi connectivity index (χ0) is 25.9. The molecule has 5 nitrogen and oxygen atoms in total. The van der Waals surface area contributed by atoms with Crippen LogP contribution < -0.4 is 5.32 Å². The van der Waals surface area contributed by atoms with Gasteiger partial charge in [-0.1, -0.05) is 45.2 Å². The Morgan fingerprint density at radius 1 is 0.973 bits per heavy atom. The van der Waals surface area contributed by atoms with Crippen molar-refractivity contribution in [2.75, 3.05) is 13.1 Å². The smallest absolute Gasteiger partial charge is 0.254 e. The van der Waals surface area contributed by atoms with Crippen LogP contribution in [-0.4, -0.2) is 41.6 Å². The van der Waals surface area contributed by atoms with E-state index in [9.17, 15) is 14.4 Å². The second kappa shape index (κ2) is 9.50. The molecular weight excluding hydrogens is 467 g/mol. The first-order valence-corrected chi connectivity index (χ1v) is 14.7. The predicted molar refractivity (Wildman–Crippen MR) is 139 cm³/mol. The van der Waals surface area contributed by atoms with E-state index in [1.165, 1.54) is 0 Å². The fourth-order valence-corrected chi connectivity index (χ4v) is 8.42. The third kappa shape index (κ3) is 4.23. The minimum absolute atomic E-state index is 0.0376. The third-order valence-electron chi connectivity index (χ3n) is 10.5. The van der Waals surface area contributed by atoms with E-state index in [4.69, 9.17) is 0 Å². The van der Waals surface area contributed by atoms with Crippen molar-refractivity contribution in [3.8, 4) is 0 Å². The number of carbonyl (C=O) groups is 3. The number of hydrogen-bond acceptors (Lipinski definition) is 3. The number of amides is 2. The summed E-state index contributed by atoms with van der Waals surface area (Å²) in [4.78, 5) is 41.7. The van der Waals surface area contributed by atoms with Crippen LogP contribution in [-0.2, 0) is 9.59 Å². The van der Waals surface area contributed by atoms with Crippen molar-refractivity contribution in [2.24, 2.45) is 35.0 Å². The molecule has 1 heterocycles. The summed E-state index contributed by atoms with van der Waals surface area (Å²) in [6.07, 6.45) is 10.3. The molecule has 200 valence electrons. The number of ketones is 1. The SMILES string of the molecule is CC(C)C(=O)[C@H](NC(=O)c1cccc(C2[C@@H]3CC[C@H]2CN(C(=O)C24CC(C2)C4)C3)c1F)C1CCCCC1. The Kier molecular flexibility index (Phi) is 6.43. The first kappa shape index (κ1) is 25.1. The van der Waals surface area contributed by atoms with E-state index >= 15 is 4.39 Å². The van der Waals surface area contributed by atoms with Crippen molar-refractivity contribution in [2.45, 2.75) is 90.0 Å². The monoisotopic (exact) mass is 508 g/mol. The summed E-state index contributed by atoms with van der Waals surface area (Å²) in [6, 6.07) is 4.61. The quantitative estimate of drug-likeness (QED) is 0.530. The molecule has 0 aromatic heterocycles. The number of Topliss-reactive ketones (excluding diaryl/α,β-unsaturated/α-hetero) is 1. The number of rotatable bonds is 7. The Bertz CT molecular complexity index is 1060. The Balaban J connectivity index is 1.19. The average molecular weight is 509 g/mol. The molecule has 0 radical (unpaired) electrons. The van der Waals surface area contributed by atoms with Gasteiger partial charge in [-0.3, -0.25) is 14.4 Å². The van der Waals surface area contributed by atoms with Crippen molar-refractivity contribution in [1.82, 2.24) is 10.2 Å². The van der Waals surface area contributed by atoms with Gasteiger partial charge in [-0.25, -0.2) is 4.39 Å². The number of fused-ring (bicyclic) bond motifs is 2. The topological polar surface area (TPSA) is 66.5 Å². The number of carbonyl (C=O) groups excluding carboxylic acids is 3. The highest BCUT2D eigenvalue weighted by Gasteiger charge is 2.63. The fourth-order valence-electron chi connectivity index (χ4n) is 8.42. The molecule has 1 aromatic rings. The van der Waals surface area contributed by atoms with Crippen molar-refractivity contribution in [3.05, 3.63) is 35.1 Å². The molecule has 5 aliphatic carbocycles. The Morgan fingerprint density at radius 3 is 2.19 bits per heavy atom. The number of nitrogens with one attached hydrogen (secondary N) is 1. The van der Waals surface area contributed by atoms with Crippen molar-refractivity contribution < 1.29 is 18.8 Å². The van der Waals surface area contributed by atoms with Gasteiger partial charge in [0.1, 0.15) is 5.82 Å². The van der Waals surface area contributed by atoms with Gasteiger partial charge in [0.05, 0.1) is 17.0 Å². The van der Waals surface area contributed by atoms with E-state index in [0.717, 1.165) is 70.1 Å². The van der Waals surface area contributed by atoms with Gasteiger partial charge in [0.25, 0.3) is 5.91 Å². The normalized spacial score (nSPS) is 33.5. The number of nitrogens with zero attached hydrogens (tertiary/aromatic N) is 1. The Labute approximate surface area is 219 Å². The number of piperidine rings is 1. The lowest BCUT2D eigenvalue weighted by Gasteiger charge is -2.61. The minimum Gasteiger partial charge on any atom is -0.342 e. The van der Waals surface area contributed by atoms with Crippen molar-refractivity contribution >= 4 is 17.6 Å². The molecule has 7 rings (SSSR count). The molecule has 1 saturated heterocycles. The molecule has 6 aliphatic rings. The van der Waals surface area contributed by atoms with Gasteiger partial charge in [-0.2, -0.15) is 0 Å². The summed E-state index contributed by atoms with van der Waals surface area (Å²) in [5.74, 6) is 0.674. The molecule has 4 bridgehead atoms. The highest BCUT2D eigenvalue weighted by atomic mass is 19.1. The van der Waals surface area contributed by atoms with E-state index < -0.39 is 17.8 Å². The van der Waals surface area contributed by atoms with E-state index in [1.54, 1.807) is 12.1 Å². The lowest BCUT2D eigenvalue weighted by molar-refractivity contribution is -0.179. The molecule has 1 unspecified atom stereocenters. The predicted octanol–water partition coefficient (Wildman–Crippen LogP) is 5.48. The number of benzene rings is 1. The molecule has 6 heteroatoms. The second-order valence-corrected chi connectivity index (χ2v) is 13.2. The Morgan fingerprint density at radius 2 is 1.62 bits per heavy atom. The van der Waals surface area contributed by atoms with Gasteiger partial charge in [-0.05, 0) is 86.2 Å². The van der Waals surface area contributed by atoms with Crippen LogP contribution >= 0.6 is 0 Å². The van der Waals surface area contributed by atoms with Crippen LogP contribution in [0, 0.1) is 40.8 Å². The molecule has 37 heavy (non-hydrogen) atoms. The molecule has 1 N–H and O–H groups in total. The summed E-state index contributed by atoms with van der Waals surface area (Å²) < 4.78 is 16.0. The van der Waals surface area contributed by atoms with Crippen LogP contribution in [0.3, 0.4) is 0 Å². The van der Waals surface area contributed by atoms with E-state index in [1.807, 2.05) is 19.9 Å². The number of likely N-dealkylation sites (tertiary alicyclic amines) is 1. The summed E-state index contributed by atoms with van der Waals surface area (Å²) in [5.41, 5.74) is 0.589. The van der Waals surface area contributed by atoms with Crippen molar-refractivity contribution in [1.29, 1.82) is 0 Å². The zero-order valence-electron chi connectivity index (χ0n) is 22.3. The molecule has 1 aliphatic heterocycles. The number of hydrogen-bond donors (Lipinski definition) is 1. The minimum atomic E-state index is -0.557. The fraction of sp³-hybridized carbons (Fsp3) is 0.710. The maximum absolute atomic E-state index is 16.0. The number of halogens is 1. The molecule has 0 spiro atoms. The van der Waals surface area contributed by atoms with Crippen LogP contribution in [0.15, 0.2) is 18.2 Å². The van der Waals surface area contributed by atoms with E-state index in [2.05, 4.69) is 10.2 Å². The lowest BCUT2D eigenvalue weighted by atomic mass is 9.44. The van der Waals surface area contributed by atoms with Crippen LogP contribution in [0.4, 0.5) is 4.39 Å². The summed E-state index contributed by atoms with van der Waals surface area (Å²) in [6.45, 7) is 5.14. The summed E-state index contributed by atoms with van der Waals surface area (Å²) in [5, 5.41) is 2.97. The molecule has 5 saturated carbocycles.